The van der Waals surface area contributed by atoms with Crippen molar-refractivity contribution in [3.8, 4) is 0 Å². The van der Waals surface area contributed by atoms with Gasteiger partial charge in [-0.05, 0) is 37.0 Å². The van der Waals surface area contributed by atoms with Gasteiger partial charge in [-0.3, -0.25) is 14.5 Å². The molecule has 5 nitrogen and oxygen atoms in total. The lowest BCUT2D eigenvalue weighted by molar-refractivity contribution is -0.151. The molecule has 1 aromatic rings. The Balaban J connectivity index is 1.68. The molecule has 1 fully saturated rings. The highest BCUT2D eigenvalue weighted by atomic mass is 35.5. The molecule has 2 rings (SSSR count). The lowest BCUT2D eigenvalue weighted by Crippen LogP contribution is -2.43. The third-order valence-electron chi connectivity index (χ3n) is 4.20. The number of halogens is 1. The van der Waals surface area contributed by atoms with Crippen LogP contribution in [0.3, 0.4) is 0 Å². The van der Waals surface area contributed by atoms with Gasteiger partial charge in [-0.1, -0.05) is 23.7 Å². The first-order chi connectivity index (χ1) is 11.4. The molecular weight excluding hydrogens is 328 g/mol. The number of benzene rings is 1. The van der Waals surface area contributed by atoms with Crippen molar-refractivity contribution in [3.05, 3.63) is 34.9 Å². The second kappa shape index (κ2) is 9.04. The Labute approximate surface area is 148 Å². The van der Waals surface area contributed by atoms with Crippen LogP contribution in [-0.2, 0) is 20.7 Å². The number of likely N-dealkylation sites (N-methyl/N-ethyl adjacent to an activating group) is 1. The van der Waals surface area contributed by atoms with Crippen LogP contribution >= 0.6 is 11.6 Å². The second-order valence-electron chi connectivity index (χ2n) is 6.38. The fourth-order valence-electron chi connectivity index (χ4n) is 2.70. The Morgan fingerprint density at radius 3 is 2.62 bits per heavy atom. The lowest BCUT2D eigenvalue weighted by atomic mass is 10.1. The van der Waals surface area contributed by atoms with Crippen molar-refractivity contribution >= 4 is 23.5 Å². The van der Waals surface area contributed by atoms with Crippen molar-refractivity contribution in [2.24, 2.45) is 0 Å². The highest BCUT2D eigenvalue weighted by Gasteiger charge is 2.23. The minimum absolute atomic E-state index is 0.0393. The molecule has 0 radical (unpaired) electrons. The summed E-state index contributed by atoms with van der Waals surface area (Å²) in [5, 5.41) is 0.681. The van der Waals surface area contributed by atoms with Gasteiger partial charge in [0, 0.05) is 38.6 Å². The predicted molar refractivity (Wildman–Crippen MR) is 94.0 cm³/mol. The van der Waals surface area contributed by atoms with Gasteiger partial charge in [-0.15, -0.1) is 0 Å². The van der Waals surface area contributed by atoms with E-state index in [9.17, 15) is 9.59 Å². The van der Waals surface area contributed by atoms with E-state index >= 15 is 0 Å². The van der Waals surface area contributed by atoms with Gasteiger partial charge in [-0.2, -0.15) is 0 Å². The second-order valence-corrected chi connectivity index (χ2v) is 6.82. The molecule has 1 aliphatic heterocycles. The third kappa shape index (κ3) is 6.13. The summed E-state index contributed by atoms with van der Waals surface area (Å²) >= 11 is 5.94. The monoisotopic (exact) mass is 352 g/mol. The van der Waals surface area contributed by atoms with Gasteiger partial charge in [-0.25, -0.2) is 0 Å². The van der Waals surface area contributed by atoms with Crippen molar-refractivity contribution in [1.29, 1.82) is 0 Å². The highest BCUT2D eigenvalue weighted by Crippen LogP contribution is 2.16. The van der Waals surface area contributed by atoms with Crippen LogP contribution in [-0.4, -0.2) is 61.5 Å². The number of hydrogen-bond acceptors (Lipinski definition) is 4. The minimum atomic E-state index is -0.169. The summed E-state index contributed by atoms with van der Waals surface area (Å²) in [5.41, 5.74) is 1.04. The zero-order chi connectivity index (χ0) is 17.5. The summed E-state index contributed by atoms with van der Waals surface area (Å²) in [4.78, 5) is 27.4. The highest BCUT2D eigenvalue weighted by molar-refractivity contribution is 6.30. The first-order valence-corrected chi connectivity index (χ1v) is 8.68. The number of carbonyl (C=O) groups excluding carboxylic acids is 2. The van der Waals surface area contributed by atoms with E-state index in [1.807, 2.05) is 24.3 Å². The largest absolute Gasteiger partial charge is 0.462 e. The Bertz CT molecular complexity index is 569. The fraction of sp³-hybridized carbons (Fsp3) is 0.556. The van der Waals surface area contributed by atoms with Crippen LogP contribution < -0.4 is 0 Å². The van der Waals surface area contributed by atoms with E-state index in [4.69, 9.17) is 16.3 Å². The summed E-state index contributed by atoms with van der Waals surface area (Å²) in [5.74, 6) is -0.0650. The van der Waals surface area contributed by atoms with Crippen LogP contribution in [0.5, 0.6) is 0 Å². The zero-order valence-electron chi connectivity index (χ0n) is 14.3. The molecule has 24 heavy (non-hydrogen) atoms. The van der Waals surface area contributed by atoms with Crippen LogP contribution in [0.4, 0.5) is 0 Å². The van der Waals surface area contributed by atoms with Crippen LogP contribution in [0.25, 0.3) is 0 Å². The van der Waals surface area contributed by atoms with E-state index < -0.39 is 0 Å². The zero-order valence-corrected chi connectivity index (χ0v) is 15.1. The number of aryl methyl sites for hydroxylation is 1. The average Bonchev–Trinajstić information content (AvgIpc) is 2.55. The third-order valence-corrected chi connectivity index (χ3v) is 4.43. The van der Waals surface area contributed by atoms with Crippen LogP contribution in [0.2, 0.25) is 5.02 Å². The summed E-state index contributed by atoms with van der Waals surface area (Å²) in [6.45, 7) is 2.00. The molecule has 1 heterocycles. The molecule has 0 bridgehead atoms. The topological polar surface area (TPSA) is 49.9 Å². The maximum absolute atomic E-state index is 12.0. The van der Waals surface area contributed by atoms with E-state index in [1.165, 1.54) is 0 Å². The molecule has 0 N–H and O–H groups in total. The number of likely N-dealkylation sites (tertiary alicyclic amines) is 1. The molecule has 0 aromatic heterocycles. The van der Waals surface area contributed by atoms with E-state index in [-0.39, 0.29) is 18.0 Å². The number of amides is 1. The van der Waals surface area contributed by atoms with Gasteiger partial charge in [0.15, 0.2) is 0 Å². The van der Waals surface area contributed by atoms with E-state index in [0.29, 0.717) is 24.4 Å². The number of carbonyl (C=O) groups is 2. The van der Waals surface area contributed by atoms with Gasteiger partial charge in [0.25, 0.3) is 0 Å². The first-order valence-electron chi connectivity index (χ1n) is 8.30. The van der Waals surface area contributed by atoms with Crippen LogP contribution in [0, 0.1) is 0 Å². The molecule has 132 valence electrons. The molecule has 0 aliphatic carbocycles. The molecule has 0 saturated carbocycles. The number of nitrogens with zero attached hydrogens (tertiary/aromatic N) is 2. The number of ether oxygens (including phenoxy) is 1. The predicted octanol–water partition coefficient (Wildman–Crippen LogP) is 2.37. The van der Waals surface area contributed by atoms with Gasteiger partial charge >= 0.3 is 5.97 Å². The Hall–Kier alpha value is -1.59. The average molecular weight is 353 g/mol. The van der Waals surface area contributed by atoms with Crippen LogP contribution in [0.15, 0.2) is 24.3 Å². The molecule has 1 amide bonds. The Kier molecular flexibility index (Phi) is 7.06. The minimum Gasteiger partial charge on any atom is -0.462 e. The normalized spacial score (nSPS) is 16.0. The van der Waals surface area contributed by atoms with Crippen molar-refractivity contribution in [2.75, 3.05) is 33.7 Å². The van der Waals surface area contributed by atoms with Gasteiger partial charge in [0.05, 0.1) is 6.54 Å². The SMILES string of the molecule is CN(C)C(=O)CN1CCC(OC(=O)CCc2cccc(Cl)c2)CC1. The quantitative estimate of drug-likeness (QED) is 0.737. The summed E-state index contributed by atoms with van der Waals surface area (Å²) in [6.07, 6.45) is 2.52. The van der Waals surface area contributed by atoms with E-state index in [1.54, 1.807) is 19.0 Å². The molecule has 6 heteroatoms. The molecule has 1 aromatic carbocycles. The molecular formula is C18H25ClN2O3. The molecule has 1 aliphatic rings. The Morgan fingerprint density at radius 2 is 2.00 bits per heavy atom. The Morgan fingerprint density at radius 1 is 1.29 bits per heavy atom. The van der Waals surface area contributed by atoms with Crippen LogP contribution in [0.1, 0.15) is 24.8 Å². The van der Waals surface area contributed by atoms with Gasteiger partial charge < -0.3 is 9.64 Å². The van der Waals surface area contributed by atoms with Crippen molar-refractivity contribution in [3.63, 3.8) is 0 Å². The molecule has 1 saturated heterocycles. The maximum Gasteiger partial charge on any atom is 0.306 e. The maximum atomic E-state index is 12.0. The van der Waals surface area contributed by atoms with Gasteiger partial charge in [0.1, 0.15) is 6.10 Å². The number of esters is 1. The van der Waals surface area contributed by atoms with Crippen molar-refractivity contribution in [1.82, 2.24) is 9.80 Å². The standard InChI is InChI=1S/C18H25ClN2O3/c1-20(2)17(22)13-21-10-8-16(9-11-21)24-18(23)7-6-14-4-3-5-15(19)12-14/h3-5,12,16H,6-11,13H2,1-2H3. The molecule has 0 unspecified atom stereocenters. The number of hydrogen-bond donors (Lipinski definition) is 0. The smallest absolute Gasteiger partial charge is 0.306 e. The summed E-state index contributed by atoms with van der Waals surface area (Å²) in [6, 6.07) is 7.53. The summed E-state index contributed by atoms with van der Waals surface area (Å²) < 4.78 is 5.55. The molecule has 0 spiro atoms. The van der Waals surface area contributed by atoms with Crippen molar-refractivity contribution in [2.45, 2.75) is 31.8 Å². The number of rotatable bonds is 6. The lowest BCUT2D eigenvalue weighted by Gasteiger charge is -2.31. The first kappa shape index (κ1) is 18.7. The van der Waals surface area contributed by atoms with E-state index in [2.05, 4.69) is 4.90 Å². The van der Waals surface area contributed by atoms with Gasteiger partial charge in [0.2, 0.25) is 5.91 Å². The summed E-state index contributed by atoms with van der Waals surface area (Å²) in [7, 11) is 3.52. The fourth-order valence-corrected chi connectivity index (χ4v) is 2.91. The molecule has 0 atom stereocenters. The van der Waals surface area contributed by atoms with Crippen molar-refractivity contribution < 1.29 is 14.3 Å². The number of piperidine rings is 1. The van der Waals surface area contributed by atoms with E-state index in [0.717, 1.165) is 31.5 Å².